The fourth-order valence-electron chi connectivity index (χ4n) is 4.67. The molecule has 212 valence electrons. The largest absolute Gasteiger partial charge is 0.497 e. The van der Waals surface area contributed by atoms with Crippen molar-refractivity contribution < 1.29 is 19.2 Å². The zero-order chi connectivity index (χ0) is 29.4. The SMILES string of the molecule is CCC(c1nc2ccccc2c(=O)n1-c1ccc(OC)cc1)N(CCCOC)C(=O)C=Cc1ccc([N+](=O)[O-])cc1. The summed E-state index contributed by atoms with van der Waals surface area (Å²) >= 11 is 0. The molecule has 4 aromatic rings. The highest BCUT2D eigenvalue weighted by Crippen LogP contribution is 2.27. The van der Waals surface area contributed by atoms with Gasteiger partial charge in [0.05, 0.1) is 34.7 Å². The summed E-state index contributed by atoms with van der Waals surface area (Å²) in [6.45, 7) is 2.75. The number of carbonyl (C=O) groups is 1. The zero-order valence-electron chi connectivity index (χ0n) is 23.2. The van der Waals surface area contributed by atoms with Crippen molar-refractivity contribution in [3.8, 4) is 11.4 Å². The molecule has 10 heteroatoms. The van der Waals surface area contributed by atoms with Gasteiger partial charge in [0, 0.05) is 38.5 Å². The van der Waals surface area contributed by atoms with Crippen molar-refractivity contribution in [3.63, 3.8) is 0 Å². The third-order valence-electron chi connectivity index (χ3n) is 6.75. The molecular weight excluding hydrogens is 524 g/mol. The van der Waals surface area contributed by atoms with Crippen LogP contribution in [0.4, 0.5) is 5.69 Å². The lowest BCUT2D eigenvalue weighted by Gasteiger charge is -2.31. The predicted octanol–water partition coefficient (Wildman–Crippen LogP) is 5.33. The van der Waals surface area contributed by atoms with Gasteiger partial charge in [-0.25, -0.2) is 4.98 Å². The quantitative estimate of drug-likeness (QED) is 0.100. The Morgan fingerprint density at radius 1 is 1.07 bits per heavy atom. The van der Waals surface area contributed by atoms with E-state index in [9.17, 15) is 19.7 Å². The minimum atomic E-state index is -0.541. The van der Waals surface area contributed by atoms with Gasteiger partial charge < -0.3 is 14.4 Å². The molecular formula is C31H32N4O6. The lowest BCUT2D eigenvalue weighted by atomic mass is 10.1. The van der Waals surface area contributed by atoms with Gasteiger partial charge in [-0.1, -0.05) is 19.1 Å². The molecule has 3 aromatic carbocycles. The summed E-state index contributed by atoms with van der Waals surface area (Å²) in [4.78, 5) is 44.7. The van der Waals surface area contributed by atoms with Crippen LogP contribution in [0.15, 0.2) is 83.7 Å². The van der Waals surface area contributed by atoms with Gasteiger partial charge >= 0.3 is 0 Å². The topological polar surface area (TPSA) is 117 Å². The van der Waals surface area contributed by atoms with Gasteiger partial charge in [-0.3, -0.25) is 24.3 Å². The first-order valence-corrected chi connectivity index (χ1v) is 13.3. The van der Waals surface area contributed by atoms with Crippen molar-refractivity contribution in [2.75, 3.05) is 27.4 Å². The minimum absolute atomic E-state index is 0.0282. The smallest absolute Gasteiger partial charge is 0.269 e. The standard InChI is InChI=1S/C31H32N4O6/c1-4-28(33(20-7-21-40-2)29(36)19-12-22-10-13-24(14-11-22)35(38)39)30-32-27-9-6-5-8-26(27)31(37)34(30)23-15-17-25(41-3)18-16-23/h5-6,8-19,28H,4,7,20-21H2,1-3H3. The summed E-state index contributed by atoms with van der Waals surface area (Å²) in [5.74, 6) is 0.808. The second-order valence-corrected chi connectivity index (χ2v) is 9.31. The van der Waals surface area contributed by atoms with E-state index in [0.29, 0.717) is 59.7 Å². The maximum Gasteiger partial charge on any atom is 0.269 e. The number of ether oxygens (including phenoxy) is 2. The Morgan fingerprint density at radius 3 is 2.41 bits per heavy atom. The molecule has 0 fully saturated rings. The van der Waals surface area contributed by atoms with E-state index >= 15 is 0 Å². The molecule has 0 saturated heterocycles. The molecule has 1 amide bonds. The van der Waals surface area contributed by atoms with Crippen molar-refractivity contribution in [3.05, 3.63) is 111 Å². The maximum atomic E-state index is 13.9. The number of rotatable bonds is 12. The number of fused-ring (bicyclic) bond motifs is 1. The van der Waals surface area contributed by atoms with E-state index in [-0.39, 0.29) is 17.2 Å². The normalized spacial score (nSPS) is 12.0. The number of aromatic nitrogens is 2. The molecule has 0 bridgehead atoms. The molecule has 10 nitrogen and oxygen atoms in total. The van der Waals surface area contributed by atoms with Crippen LogP contribution in [0.5, 0.6) is 5.75 Å². The molecule has 0 aliphatic rings. The van der Waals surface area contributed by atoms with Crippen LogP contribution < -0.4 is 10.3 Å². The molecule has 1 atom stereocenters. The van der Waals surface area contributed by atoms with Crippen molar-refractivity contribution in [2.24, 2.45) is 0 Å². The Hall–Kier alpha value is -4.83. The average molecular weight is 557 g/mol. The van der Waals surface area contributed by atoms with Crippen molar-refractivity contribution in [2.45, 2.75) is 25.8 Å². The Kier molecular flexibility index (Phi) is 9.60. The number of amides is 1. The van der Waals surface area contributed by atoms with Crippen molar-refractivity contribution in [1.82, 2.24) is 14.5 Å². The molecule has 0 radical (unpaired) electrons. The average Bonchev–Trinajstić information content (AvgIpc) is 3.00. The first kappa shape index (κ1) is 29.2. The number of hydrogen-bond donors (Lipinski definition) is 0. The number of nitro groups is 1. The second kappa shape index (κ2) is 13.5. The monoisotopic (exact) mass is 556 g/mol. The second-order valence-electron chi connectivity index (χ2n) is 9.31. The number of non-ortho nitro benzene ring substituents is 1. The molecule has 0 aliphatic carbocycles. The summed E-state index contributed by atoms with van der Waals surface area (Å²) in [5, 5.41) is 11.5. The zero-order valence-corrected chi connectivity index (χ0v) is 23.2. The molecule has 0 N–H and O–H groups in total. The number of nitro benzene ring substituents is 1. The molecule has 4 rings (SSSR count). The Morgan fingerprint density at radius 2 is 1.78 bits per heavy atom. The van der Waals surface area contributed by atoms with Gasteiger partial charge in [-0.05, 0) is 73.0 Å². The summed E-state index contributed by atoms with van der Waals surface area (Å²) in [6, 6.07) is 19.7. The van der Waals surface area contributed by atoms with Crippen LogP contribution in [0.1, 0.15) is 37.2 Å². The number of nitrogens with zero attached hydrogens (tertiary/aromatic N) is 4. The Balaban J connectivity index is 1.80. The molecule has 0 aliphatic heterocycles. The van der Waals surface area contributed by atoms with Gasteiger partial charge in [-0.2, -0.15) is 0 Å². The molecule has 1 aromatic heterocycles. The molecule has 1 unspecified atom stereocenters. The van der Waals surface area contributed by atoms with E-state index in [4.69, 9.17) is 14.5 Å². The highest BCUT2D eigenvalue weighted by molar-refractivity contribution is 5.92. The number of methoxy groups -OCH3 is 2. The summed E-state index contributed by atoms with van der Waals surface area (Å²) < 4.78 is 12.1. The van der Waals surface area contributed by atoms with Gasteiger partial charge in [-0.15, -0.1) is 0 Å². The molecule has 1 heterocycles. The van der Waals surface area contributed by atoms with Crippen LogP contribution in [0.25, 0.3) is 22.7 Å². The van der Waals surface area contributed by atoms with Gasteiger partial charge in [0.25, 0.3) is 11.2 Å². The fourth-order valence-corrected chi connectivity index (χ4v) is 4.67. The van der Waals surface area contributed by atoms with Gasteiger partial charge in [0.1, 0.15) is 11.6 Å². The van der Waals surface area contributed by atoms with E-state index in [0.717, 1.165) is 0 Å². The van der Waals surface area contributed by atoms with Gasteiger partial charge in [0.15, 0.2) is 0 Å². The number of benzene rings is 3. The minimum Gasteiger partial charge on any atom is -0.497 e. The van der Waals surface area contributed by atoms with E-state index in [1.165, 1.54) is 18.2 Å². The van der Waals surface area contributed by atoms with Crippen LogP contribution in [0.2, 0.25) is 0 Å². The van der Waals surface area contributed by atoms with Gasteiger partial charge in [0.2, 0.25) is 5.91 Å². The maximum absolute atomic E-state index is 13.9. The highest BCUT2D eigenvalue weighted by atomic mass is 16.6. The van der Waals surface area contributed by atoms with Crippen LogP contribution in [-0.2, 0) is 9.53 Å². The first-order valence-electron chi connectivity index (χ1n) is 13.3. The summed E-state index contributed by atoms with van der Waals surface area (Å²) in [6.07, 6.45) is 4.12. The summed E-state index contributed by atoms with van der Waals surface area (Å²) in [7, 11) is 3.18. The summed E-state index contributed by atoms with van der Waals surface area (Å²) in [5.41, 5.74) is 1.53. The third-order valence-corrected chi connectivity index (χ3v) is 6.75. The Labute approximate surface area is 237 Å². The first-order chi connectivity index (χ1) is 19.9. The van der Waals surface area contributed by atoms with E-state index in [2.05, 4.69) is 0 Å². The highest BCUT2D eigenvalue weighted by Gasteiger charge is 2.28. The van der Waals surface area contributed by atoms with E-state index in [1.54, 1.807) is 84.4 Å². The third kappa shape index (κ3) is 6.67. The van der Waals surface area contributed by atoms with Crippen LogP contribution in [0, 0.1) is 10.1 Å². The molecule has 0 spiro atoms. The lowest BCUT2D eigenvalue weighted by molar-refractivity contribution is -0.384. The Bertz CT molecular complexity index is 1600. The van der Waals surface area contributed by atoms with Crippen LogP contribution in [-0.4, -0.2) is 52.7 Å². The molecule has 0 saturated carbocycles. The lowest BCUT2D eigenvalue weighted by Crippen LogP contribution is -2.38. The van der Waals surface area contributed by atoms with Crippen LogP contribution >= 0.6 is 0 Å². The van der Waals surface area contributed by atoms with E-state index < -0.39 is 11.0 Å². The van der Waals surface area contributed by atoms with Crippen molar-refractivity contribution >= 4 is 28.6 Å². The van der Waals surface area contributed by atoms with E-state index in [1.807, 2.05) is 13.0 Å². The number of hydrogen-bond acceptors (Lipinski definition) is 7. The number of carbonyl (C=O) groups excluding carboxylic acids is 1. The predicted molar refractivity (Wildman–Crippen MR) is 157 cm³/mol. The molecule has 41 heavy (non-hydrogen) atoms. The fraction of sp³-hybridized carbons (Fsp3) is 0.258. The van der Waals surface area contributed by atoms with Crippen molar-refractivity contribution in [1.29, 1.82) is 0 Å². The number of para-hydroxylation sites is 1. The van der Waals surface area contributed by atoms with Crippen LogP contribution in [0.3, 0.4) is 0 Å².